The number of hydrogen-bond donors (Lipinski definition) is 1. The quantitative estimate of drug-likeness (QED) is 0.523. The summed E-state index contributed by atoms with van der Waals surface area (Å²) in [4.78, 5) is 0. The second-order valence-electron chi connectivity index (χ2n) is 5.51. The number of hydrogen-bond acceptors (Lipinski definition) is 1. The minimum Gasteiger partial charge on any atom is -0.316 e. The first kappa shape index (κ1) is 11.6. The zero-order chi connectivity index (χ0) is 10.8. The van der Waals surface area contributed by atoms with Crippen LogP contribution in [0.25, 0.3) is 0 Å². The molecule has 0 aromatic carbocycles. The highest BCUT2D eigenvalue weighted by molar-refractivity contribution is 5.12. The van der Waals surface area contributed by atoms with Crippen LogP contribution < -0.4 is 5.32 Å². The second kappa shape index (κ2) is 3.95. The van der Waals surface area contributed by atoms with E-state index in [1.54, 1.807) is 0 Å². The lowest BCUT2D eigenvalue weighted by Gasteiger charge is -2.04. The van der Waals surface area contributed by atoms with Crippen LogP contribution in [0.1, 0.15) is 40.5 Å². The molecule has 1 nitrogen and oxygen atoms in total. The summed E-state index contributed by atoms with van der Waals surface area (Å²) in [6, 6.07) is 0. The maximum absolute atomic E-state index is 5.19. The molecule has 0 aromatic rings. The van der Waals surface area contributed by atoms with Crippen molar-refractivity contribution < 1.29 is 0 Å². The van der Waals surface area contributed by atoms with Gasteiger partial charge in [0.05, 0.1) is 0 Å². The summed E-state index contributed by atoms with van der Waals surface area (Å²) in [6.07, 6.45) is 7.19. The molecule has 0 radical (unpaired) electrons. The van der Waals surface area contributed by atoms with Crippen LogP contribution in [-0.4, -0.2) is 13.1 Å². The highest BCUT2D eigenvalue weighted by Crippen LogP contribution is 2.67. The summed E-state index contributed by atoms with van der Waals surface area (Å²) in [5, 5.41) is 3.50. The highest BCUT2D eigenvalue weighted by Gasteiger charge is 2.63. The van der Waals surface area contributed by atoms with Gasteiger partial charge in [0.2, 0.25) is 0 Å². The van der Waals surface area contributed by atoms with Gasteiger partial charge in [-0.3, -0.25) is 0 Å². The summed E-state index contributed by atoms with van der Waals surface area (Å²) in [5.41, 5.74) is 1.01. The predicted molar refractivity (Wildman–Crippen MR) is 62.0 cm³/mol. The van der Waals surface area contributed by atoms with Gasteiger partial charge in [-0.1, -0.05) is 27.7 Å². The molecule has 1 aliphatic rings. The van der Waals surface area contributed by atoms with Gasteiger partial charge in [-0.2, -0.15) is 0 Å². The average molecular weight is 193 g/mol. The Balaban J connectivity index is 2.14. The maximum Gasteiger partial charge on any atom is 0.00981 e. The van der Waals surface area contributed by atoms with Gasteiger partial charge in [-0.25, -0.2) is 0 Å². The van der Waals surface area contributed by atoms with Gasteiger partial charge < -0.3 is 5.32 Å². The first-order valence-corrected chi connectivity index (χ1v) is 5.58. The van der Waals surface area contributed by atoms with Crippen molar-refractivity contribution in [2.24, 2.45) is 16.7 Å². The normalized spacial score (nSPS) is 23.1. The van der Waals surface area contributed by atoms with Crippen molar-refractivity contribution in [3.8, 4) is 12.3 Å². The fourth-order valence-corrected chi connectivity index (χ4v) is 2.41. The van der Waals surface area contributed by atoms with E-state index in [0.29, 0.717) is 10.8 Å². The van der Waals surface area contributed by atoms with Crippen LogP contribution in [0.4, 0.5) is 0 Å². The molecule has 1 N–H and O–H groups in total. The van der Waals surface area contributed by atoms with E-state index >= 15 is 0 Å². The molecule has 1 saturated carbocycles. The number of rotatable bonds is 5. The second-order valence-corrected chi connectivity index (χ2v) is 5.51. The monoisotopic (exact) mass is 193 g/mol. The van der Waals surface area contributed by atoms with E-state index in [2.05, 4.69) is 38.9 Å². The smallest absolute Gasteiger partial charge is 0.00981 e. The fourth-order valence-electron chi connectivity index (χ4n) is 2.41. The Bertz CT molecular complexity index is 218. The summed E-state index contributed by atoms with van der Waals surface area (Å²) < 4.78 is 0. The topological polar surface area (TPSA) is 12.0 Å². The van der Waals surface area contributed by atoms with E-state index < -0.39 is 0 Å². The minimum absolute atomic E-state index is 0.506. The van der Waals surface area contributed by atoms with Crippen molar-refractivity contribution in [3.05, 3.63) is 0 Å². The molecule has 1 aliphatic carbocycles. The molecule has 1 fully saturated rings. The van der Waals surface area contributed by atoms with Crippen molar-refractivity contribution in [2.75, 3.05) is 13.1 Å². The van der Waals surface area contributed by atoms with Crippen molar-refractivity contribution in [2.45, 2.75) is 40.5 Å². The van der Waals surface area contributed by atoms with Crippen LogP contribution in [0.5, 0.6) is 0 Å². The fraction of sp³-hybridized carbons (Fsp3) is 0.846. The number of nitrogens with one attached hydrogen (secondary N) is 1. The van der Waals surface area contributed by atoms with E-state index in [-0.39, 0.29) is 0 Å². The Morgan fingerprint density at radius 2 is 1.79 bits per heavy atom. The summed E-state index contributed by atoms with van der Waals surface area (Å²) >= 11 is 0. The van der Waals surface area contributed by atoms with E-state index in [4.69, 9.17) is 6.42 Å². The van der Waals surface area contributed by atoms with Crippen molar-refractivity contribution in [3.63, 3.8) is 0 Å². The molecular weight excluding hydrogens is 170 g/mol. The number of unbranched alkanes of at least 4 members (excludes halogenated alkanes) is 1. The molecule has 0 saturated heterocycles. The maximum atomic E-state index is 5.19. The molecule has 80 valence electrons. The Hall–Kier alpha value is -0.480. The highest BCUT2D eigenvalue weighted by atomic mass is 14.9. The van der Waals surface area contributed by atoms with Crippen LogP contribution in [0.3, 0.4) is 0 Å². The predicted octanol–water partition coefficient (Wildman–Crippen LogP) is 2.67. The Labute approximate surface area is 88.7 Å². The molecule has 0 atom stereocenters. The van der Waals surface area contributed by atoms with Crippen LogP contribution in [0.2, 0.25) is 0 Å². The van der Waals surface area contributed by atoms with Gasteiger partial charge in [-0.05, 0) is 36.3 Å². The van der Waals surface area contributed by atoms with E-state index in [9.17, 15) is 0 Å². The van der Waals surface area contributed by atoms with Crippen LogP contribution >= 0.6 is 0 Å². The van der Waals surface area contributed by atoms with Crippen molar-refractivity contribution in [1.29, 1.82) is 0 Å². The third-order valence-corrected chi connectivity index (χ3v) is 4.34. The van der Waals surface area contributed by atoms with Gasteiger partial charge in [0.15, 0.2) is 0 Å². The lowest BCUT2D eigenvalue weighted by atomic mass is 10.0. The Morgan fingerprint density at radius 3 is 2.21 bits per heavy atom. The lowest BCUT2D eigenvalue weighted by Crippen LogP contribution is -2.20. The summed E-state index contributed by atoms with van der Waals surface area (Å²) in [7, 11) is 0. The third-order valence-electron chi connectivity index (χ3n) is 4.34. The van der Waals surface area contributed by atoms with Crippen molar-refractivity contribution >= 4 is 0 Å². The molecule has 0 spiro atoms. The first-order valence-electron chi connectivity index (χ1n) is 5.58. The molecule has 1 rings (SSSR count). The lowest BCUT2D eigenvalue weighted by molar-refractivity contribution is 0.457. The summed E-state index contributed by atoms with van der Waals surface area (Å²) in [5.74, 6) is 3.48. The molecule has 0 aromatic heterocycles. The average Bonchev–Trinajstić information content (AvgIpc) is 2.46. The van der Waals surface area contributed by atoms with Crippen LogP contribution in [0.15, 0.2) is 0 Å². The molecule has 0 bridgehead atoms. The molecule has 1 heteroatoms. The summed E-state index contributed by atoms with van der Waals surface area (Å²) in [6.45, 7) is 11.7. The molecule has 0 heterocycles. The van der Waals surface area contributed by atoms with Gasteiger partial charge >= 0.3 is 0 Å². The zero-order valence-corrected chi connectivity index (χ0v) is 9.98. The molecule has 0 aliphatic heterocycles. The van der Waals surface area contributed by atoms with Crippen molar-refractivity contribution in [1.82, 2.24) is 5.32 Å². The largest absolute Gasteiger partial charge is 0.316 e. The van der Waals surface area contributed by atoms with Crippen LogP contribution in [-0.2, 0) is 0 Å². The van der Waals surface area contributed by atoms with Crippen LogP contribution in [0, 0.1) is 29.1 Å². The van der Waals surface area contributed by atoms with Gasteiger partial charge in [-0.15, -0.1) is 12.3 Å². The van der Waals surface area contributed by atoms with E-state index in [0.717, 1.165) is 31.8 Å². The minimum atomic E-state index is 0.506. The molecule has 0 unspecified atom stereocenters. The van der Waals surface area contributed by atoms with Gasteiger partial charge in [0.25, 0.3) is 0 Å². The number of terminal acetylenes is 1. The van der Waals surface area contributed by atoms with E-state index in [1.807, 2.05) is 0 Å². The SMILES string of the molecule is C#CCCCNCC1C(C)(C)C1(C)C. The molecule has 0 amide bonds. The van der Waals surface area contributed by atoms with E-state index in [1.165, 1.54) is 0 Å². The van der Waals surface area contributed by atoms with Gasteiger partial charge in [0, 0.05) is 6.42 Å². The third kappa shape index (κ3) is 1.96. The molecular formula is C13H23N. The Kier molecular flexibility index (Phi) is 3.27. The Morgan fingerprint density at radius 1 is 1.21 bits per heavy atom. The zero-order valence-electron chi connectivity index (χ0n) is 9.98. The molecule has 14 heavy (non-hydrogen) atoms. The first-order chi connectivity index (χ1) is 6.44. The standard InChI is InChI=1S/C13H23N/c1-6-7-8-9-14-10-11-12(2,3)13(11,4)5/h1,11,14H,7-10H2,2-5H3. The van der Waals surface area contributed by atoms with Gasteiger partial charge in [0.1, 0.15) is 0 Å².